The number of nitrogens with zero attached hydrogens (tertiary/aromatic N) is 3. The maximum absolute atomic E-state index is 11.6. The molecule has 0 radical (unpaired) electrons. The molecule has 1 saturated heterocycles. The van der Waals surface area contributed by atoms with E-state index in [1.807, 2.05) is 31.1 Å². The van der Waals surface area contributed by atoms with Crippen LogP contribution < -0.4 is 11.1 Å². The summed E-state index contributed by atoms with van der Waals surface area (Å²) in [7, 11) is 4.05. The highest BCUT2D eigenvalue weighted by Crippen LogP contribution is 2.18. The lowest BCUT2D eigenvalue weighted by Gasteiger charge is -2.32. The van der Waals surface area contributed by atoms with E-state index in [1.54, 1.807) is 0 Å². The highest BCUT2D eigenvalue weighted by Gasteiger charge is 2.21. The number of nitrogens with one attached hydrogen (secondary N) is 1. The number of likely N-dealkylation sites (tertiary alicyclic amines) is 1. The van der Waals surface area contributed by atoms with Gasteiger partial charge in [0.1, 0.15) is 11.6 Å². The van der Waals surface area contributed by atoms with Crippen LogP contribution >= 0.6 is 0 Å². The summed E-state index contributed by atoms with van der Waals surface area (Å²) < 4.78 is 0. The third kappa shape index (κ3) is 4.46. The first kappa shape index (κ1) is 16.3. The molecule has 0 spiro atoms. The lowest BCUT2D eigenvalue weighted by atomic mass is 10.0. The Morgan fingerprint density at radius 3 is 2.77 bits per heavy atom. The summed E-state index contributed by atoms with van der Waals surface area (Å²) in [5.74, 6) is 1.35. The fourth-order valence-electron chi connectivity index (χ4n) is 2.72. The molecule has 0 atom stereocenters. The molecule has 0 saturated carbocycles. The van der Waals surface area contributed by atoms with Crippen molar-refractivity contribution in [3.8, 4) is 0 Å². The van der Waals surface area contributed by atoms with Crippen molar-refractivity contribution in [1.29, 1.82) is 0 Å². The molecule has 2 heterocycles. The molecule has 1 aliphatic heterocycles. The van der Waals surface area contributed by atoms with E-state index in [4.69, 9.17) is 5.73 Å². The van der Waals surface area contributed by atoms with E-state index in [0.29, 0.717) is 11.9 Å². The average Bonchev–Trinajstić information content (AvgIpc) is 2.46. The molecule has 3 N–H and O–H groups in total. The Morgan fingerprint density at radius 1 is 1.50 bits per heavy atom. The van der Waals surface area contributed by atoms with Gasteiger partial charge in [-0.3, -0.25) is 4.79 Å². The molecule has 0 unspecified atom stereocenters. The van der Waals surface area contributed by atoms with Gasteiger partial charge in [-0.25, -0.2) is 4.98 Å². The monoisotopic (exact) mass is 303 g/mol. The number of piperidine rings is 1. The topological polar surface area (TPSA) is 74.5 Å². The summed E-state index contributed by atoms with van der Waals surface area (Å²) in [5, 5.41) is 3.44. The number of rotatable bonds is 5. The normalized spacial score (nSPS) is 15.9. The predicted octanol–water partition coefficient (Wildman–Crippen LogP) is 1.31. The smallest absolute Gasteiger partial charge is 0.245 e. The van der Waals surface area contributed by atoms with Gasteiger partial charge in [-0.05, 0) is 50.7 Å². The molecule has 0 aliphatic carbocycles. The third-order valence-electron chi connectivity index (χ3n) is 3.74. The Hall–Kier alpha value is -2.08. The van der Waals surface area contributed by atoms with Gasteiger partial charge < -0.3 is 20.9 Å². The predicted molar refractivity (Wildman–Crippen MR) is 89.5 cm³/mol. The summed E-state index contributed by atoms with van der Waals surface area (Å²) >= 11 is 0. The largest absolute Gasteiger partial charge is 0.384 e. The van der Waals surface area contributed by atoms with Gasteiger partial charge in [-0.2, -0.15) is 0 Å². The Labute approximate surface area is 132 Å². The first-order valence-corrected chi connectivity index (χ1v) is 7.57. The summed E-state index contributed by atoms with van der Waals surface area (Å²) in [6.07, 6.45) is 3.18. The van der Waals surface area contributed by atoms with Gasteiger partial charge in [0.25, 0.3) is 0 Å². The zero-order chi connectivity index (χ0) is 16.1. The van der Waals surface area contributed by atoms with Crippen LogP contribution in [0.1, 0.15) is 18.4 Å². The van der Waals surface area contributed by atoms with Crippen molar-refractivity contribution < 1.29 is 4.79 Å². The van der Waals surface area contributed by atoms with Crippen molar-refractivity contribution in [2.75, 3.05) is 38.2 Å². The maximum Gasteiger partial charge on any atom is 0.245 e. The van der Waals surface area contributed by atoms with E-state index in [2.05, 4.69) is 21.8 Å². The number of aromatic nitrogens is 1. The van der Waals surface area contributed by atoms with E-state index in [-0.39, 0.29) is 5.91 Å². The molecule has 22 heavy (non-hydrogen) atoms. The molecule has 6 heteroatoms. The molecule has 1 aromatic rings. The maximum atomic E-state index is 11.6. The number of hydrogen-bond donors (Lipinski definition) is 2. The fraction of sp³-hybridized carbons (Fsp3) is 0.500. The molecule has 2 rings (SSSR count). The number of nitrogen functional groups attached to an aromatic ring is 1. The second kappa shape index (κ2) is 7.26. The van der Waals surface area contributed by atoms with Gasteiger partial charge >= 0.3 is 0 Å². The quantitative estimate of drug-likeness (QED) is 0.802. The number of nitrogens with two attached hydrogens (primary N) is 1. The number of amides is 1. The number of pyridine rings is 1. The van der Waals surface area contributed by atoms with Crippen LogP contribution in [-0.2, 0) is 11.3 Å². The lowest BCUT2D eigenvalue weighted by molar-refractivity contribution is -0.126. The van der Waals surface area contributed by atoms with Crippen LogP contribution in [0, 0.1) is 0 Å². The van der Waals surface area contributed by atoms with E-state index in [0.717, 1.165) is 43.9 Å². The summed E-state index contributed by atoms with van der Waals surface area (Å²) in [6, 6.07) is 4.25. The van der Waals surface area contributed by atoms with Gasteiger partial charge in [0.15, 0.2) is 0 Å². The van der Waals surface area contributed by atoms with Crippen molar-refractivity contribution in [3.05, 3.63) is 30.4 Å². The van der Waals surface area contributed by atoms with Crippen molar-refractivity contribution in [1.82, 2.24) is 14.8 Å². The van der Waals surface area contributed by atoms with Crippen LogP contribution in [0.5, 0.6) is 0 Å². The molecule has 1 amide bonds. The van der Waals surface area contributed by atoms with Gasteiger partial charge in [0.05, 0.1) is 0 Å². The first-order valence-electron chi connectivity index (χ1n) is 7.57. The minimum absolute atomic E-state index is 0.00815. The van der Waals surface area contributed by atoms with E-state index in [9.17, 15) is 4.79 Å². The highest BCUT2D eigenvalue weighted by atomic mass is 16.2. The van der Waals surface area contributed by atoms with Crippen LogP contribution in [0.2, 0.25) is 0 Å². The Morgan fingerprint density at radius 2 is 2.18 bits per heavy atom. The number of hydrogen-bond acceptors (Lipinski definition) is 5. The second-order valence-corrected chi connectivity index (χ2v) is 5.97. The molecule has 6 nitrogen and oxygen atoms in total. The Kier molecular flexibility index (Phi) is 5.38. The average molecular weight is 303 g/mol. The fourth-order valence-corrected chi connectivity index (χ4v) is 2.72. The van der Waals surface area contributed by atoms with Crippen LogP contribution in [0.4, 0.5) is 11.6 Å². The molecule has 1 fully saturated rings. The Bertz CT molecular complexity index is 535. The van der Waals surface area contributed by atoms with Crippen molar-refractivity contribution in [2.45, 2.75) is 25.4 Å². The number of anilines is 2. The molecular weight excluding hydrogens is 278 g/mol. The van der Waals surface area contributed by atoms with Crippen LogP contribution in [-0.4, -0.2) is 53.9 Å². The van der Waals surface area contributed by atoms with Crippen LogP contribution in [0.15, 0.2) is 24.8 Å². The molecule has 1 aromatic heterocycles. The van der Waals surface area contributed by atoms with Crippen LogP contribution in [0.3, 0.4) is 0 Å². The minimum Gasteiger partial charge on any atom is -0.384 e. The van der Waals surface area contributed by atoms with Gasteiger partial charge in [0.2, 0.25) is 5.91 Å². The van der Waals surface area contributed by atoms with Gasteiger partial charge in [0, 0.05) is 25.7 Å². The van der Waals surface area contributed by atoms with Gasteiger partial charge in [-0.1, -0.05) is 6.58 Å². The van der Waals surface area contributed by atoms with E-state index in [1.165, 1.54) is 6.08 Å². The summed E-state index contributed by atoms with van der Waals surface area (Å²) in [5.41, 5.74) is 7.02. The summed E-state index contributed by atoms with van der Waals surface area (Å²) in [4.78, 5) is 19.9. The van der Waals surface area contributed by atoms with Crippen LogP contribution in [0.25, 0.3) is 0 Å². The third-order valence-corrected chi connectivity index (χ3v) is 3.74. The van der Waals surface area contributed by atoms with E-state index < -0.39 is 0 Å². The Balaban J connectivity index is 1.95. The van der Waals surface area contributed by atoms with E-state index >= 15 is 0 Å². The van der Waals surface area contributed by atoms with Gasteiger partial charge in [-0.15, -0.1) is 0 Å². The molecule has 1 aliphatic rings. The highest BCUT2D eigenvalue weighted by molar-refractivity contribution is 5.87. The standard InChI is InChI=1S/C16H25N5O/c1-4-16(22)21-7-5-13(6-8-21)18-15-10-12(11-20(2)3)9-14(17)19-15/h4,9-10,13H,1,5-8,11H2,2-3H3,(H3,17,18,19). The van der Waals surface area contributed by atoms with Crippen molar-refractivity contribution >= 4 is 17.5 Å². The number of carbonyl (C=O) groups excluding carboxylic acids is 1. The molecule has 120 valence electrons. The van der Waals surface area contributed by atoms with Crippen molar-refractivity contribution in [2.24, 2.45) is 0 Å². The first-order chi connectivity index (χ1) is 10.5. The lowest BCUT2D eigenvalue weighted by Crippen LogP contribution is -2.41. The zero-order valence-electron chi connectivity index (χ0n) is 13.4. The zero-order valence-corrected chi connectivity index (χ0v) is 13.4. The minimum atomic E-state index is 0.00815. The summed E-state index contributed by atoms with van der Waals surface area (Å²) in [6.45, 7) is 5.85. The second-order valence-electron chi connectivity index (χ2n) is 5.97. The molecular formula is C16H25N5O. The molecule has 0 bridgehead atoms. The molecule has 0 aromatic carbocycles. The number of carbonyl (C=O) groups is 1. The SMILES string of the molecule is C=CC(=O)N1CCC(Nc2cc(CN(C)C)cc(N)n2)CC1. The van der Waals surface area contributed by atoms with Crippen molar-refractivity contribution in [3.63, 3.8) is 0 Å².